The van der Waals surface area contributed by atoms with Gasteiger partial charge in [0.05, 0.1) is 7.11 Å². The highest BCUT2D eigenvalue weighted by atomic mass is 32.2. The molecule has 23 heavy (non-hydrogen) atoms. The first-order valence-electron chi connectivity index (χ1n) is 6.85. The minimum absolute atomic E-state index is 0.289. The van der Waals surface area contributed by atoms with Gasteiger partial charge in [0.15, 0.2) is 5.88 Å². The van der Waals surface area contributed by atoms with Gasteiger partial charge in [-0.15, -0.1) is 0 Å². The van der Waals surface area contributed by atoms with Gasteiger partial charge in [-0.3, -0.25) is 9.59 Å². The Hall–Kier alpha value is -1.24. The molecule has 1 saturated heterocycles. The average Bonchev–Trinajstić information content (AvgIpc) is 2.60. The first-order valence-corrected chi connectivity index (χ1v) is 9.90. The second-order valence-electron chi connectivity index (χ2n) is 5.12. The lowest BCUT2D eigenvalue weighted by atomic mass is 10.1. The molecule has 1 aliphatic heterocycles. The summed E-state index contributed by atoms with van der Waals surface area (Å²) in [6.45, 7) is 3.03. The van der Waals surface area contributed by atoms with Crippen molar-refractivity contribution in [2.45, 2.75) is 38.8 Å². The SMILES string of the molecule is CCCC1C(=O)N(CS(=O)(=O)N[C@@H](C)C(=O)OC)S(=O)(=O)N1C. The molecule has 0 spiro atoms. The number of likely N-dealkylation sites (N-methyl/N-ethyl adjacent to an activating group) is 1. The minimum atomic E-state index is -4.24. The molecule has 0 saturated carbocycles. The highest BCUT2D eigenvalue weighted by Gasteiger charge is 2.49. The summed E-state index contributed by atoms with van der Waals surface area (Å²) in [7, 11) is -6.12. The lowest BCUT2D eigenvalue weighted by molar-refractivity contribution is -0.142. The number of hydrogen-bond acceptors (Lipinski definition) is 7. The van der Waals surface area contributed by atoms with Crippen molar-refractivity contribution in [3.05, 3.63) is 0 Å². The number of nitrogens with one attached hydrogen (secondary N) is 1. The quantitative estimate of drug-likeness (QED) is 0.545. The number of esters is 1. The van der Waals surface area contributed by atoms with Crippen molar-refractivity contribution in [1.82, 2.24) is 13.3 Å². The maximum atomic E-state index is 12.2. The fraction of sp³-hybridized carbons (Fsp3) is 0.818. The van der Waals surface area contributed by atoms with Crippen LogP contribution in [0.25, 0.3) is 0 Å². The molecule has 1 heterocycles. The summed E-state index contributed by atoms with van der Waals surface area (Å²) in [5, 5.41) is 0. The van der Waals surface area contributed by atoms with E-state index < -0.39 is 50.1 Å². The van der Waals surface area contributed by atoms with Crippen LogP contribution in [0.2, 0.25) is 0 Å². The normalized spacial score (nSPS) is 23.0. The molecule has 0 bridgehead atoms. The Morgan fingerprint density at radius 3 is 2.48 bits per heavy atom. The maximum Gasteiger partial charge on any atom is 0.323 e. The van der Waals surface area contributed by atoms with E-state index in [9.17, 15) is 26.4 Å². The summed E-state index contributed by atoms with van der Waals surface area (Å²) in [5.74, 6) is -2.71. The third-order valence-corrected chi connectivity index (χ3v) is 6.70. The summed E-state index contributed by atoms with van der Waals surface area (Å²) in [4.78, 5) is 23.4. The molecule has 0 aromatic rings. The first-order chi connectivity index (χ1) is 10.5. The Morgan fingerprint density at radius 2 is 2.00 bits per heavy atom. The zero-order chi connectivity index (χ0) is 18.0. The molecule has 1 amide bonds. The summed E-state index contributed by atoms with van der Waals surface area (Å²) >= 11 is 0. The van der Waals surface area contributed by atoms with Crippen LogP contribution < -0.4 is 4.72 Å². The van der Waals surface area contributed by atoms with Crippen LogP contribution in [-0.4, -0.2) is 69.4 Å². The number of rotatable bonds is 7. The highest BCUT2D eigenvalue weighted by Crippen LogP contribution is 2.25. The molecule has 1 fully saturated rings. The molecule has 12 heteroatoms. The van der Waals surface area contributed by atoms with E-state index in [1.165, 1.54) is 14.0 Å². The second kappa shape index (κ2) is 7.11. The second-order valence-corrected chi connectivity index (χ2v) is 8.76. The molecule has 0 aliphatic carbocycles. The average molecular weight is 371 g/mol. The lowest BCUT2D eigenvalue weighted by Crippen LogP contribution is -2.46. The topological polar surface area (TPSA) is 130 Å². The van der Waals surface area contributed by atoms with Crippen LogP contribution in [0, 0.1) is 0 Å². The lowest BCUT2D eigenvalue weighted by Gasteiger charge is -2.18. The number of ether oxygens (including phenoxy) is 1. The van der Waals surface area contributed by atoms with Crippen LogP contribution in [0.15, 0.2) is 0 Å². The van der Waals surface area contributed by atoms with E-state index >= 15 is 0 Å². The van der Waals surface area contributed by atoms with Gasteiger partial charge in [-0.05, 0) is 13.3 Å². The fourth-order valence-electron chi connectivity index (χ4n) is 2.15. The molecule has 1 aliphatic rings. The Morgan fingerprint density at radius 1 is 1.43 bits per heavy atom. The van der Waals surface area contributed by atoms with Gasteiger partial charge in [-0.25, -0.2) is 12.7 Å². The molecule has 1 unspecified atom stereocenters. The Bertz CT molecular complexity index is 674. The van der Waals surface area contributed by atoms with E-state index in [2.05, 4.69) is 4.74 Å². The molecule has 1 rings (SSSR count). The molecule has 0 aromatic heterocycles. The van der Waals surface area contributed by atoms with E-state index in [0.717, 1.165) is 11.4 Å². The largest absolute Gasteiger partial charge is 0.468 e. The van der Waals surface area contributed by atoms with Crippen molar-refractivity contribution in [2.75, 3.05) is 20.0 Å². The predicted molar refractivity (Wildman–Crippen MR) is 80.6 cm³/mol. The van der Waals surface area contributed by atoms with Gasteiger partial charge in [-0.1, -0.05) is 13.3 Å². The van der Waals surface area contributed by atoms with Crippen LogP contribution >= 0.6 is 0 Å². The third-order valence-electron chi connectivity index (χ3n) is 3.37. The monoisotopic (exact) mass is 371 g/mol. The summed E-state index contributed by atoms with van der Waals surface area (Å²) in [6, 6.07) is -2.12. The zero-order valence-electron chi connectivity index (χ0n) is 13.3. The molecule has 10 nitrogen and oxygen atoms in total. The van der Waals surface area contributed by atoms with Crippen molar-refractivity contribution >= 4 is 32.1 Å². The number of sulfonamides is 1. The van der Waals surface area contributed by atoms with Crippen LogP contribution in [0.1, 0.15) is 26.7 Å². The molecule has 134 valence electrons. The molecule has 0 aromatic carbocycles. The Labute approximate surface area is 136 Å². The summed E-state index contributed by atoms with van der Waals surface area (Å²) in [6.07, 6.45) is 0.853. The van der Waals surface area contributed by atoms with E-state index in [0.29, 0.717) is 10.7 Å². The number of nitrogens with zero attached hydrogens (tertiary/aromatic N) is 2. The van der Waals surface area contributed by atoms with Gasteiger partial charge in [-0.2, -0.15) is 17.4 Å². The highest BCUT2D eigenvalue weighted by molar-refractivity contribution is 7.92. The van der Waals surface area contributed by atoms with Crippen LogP contribution in [0.3, 0.4) is 0 Å². The number of amides is 1. The molecule has 2 atom stereocenters. The van der Waals surface area contributed by atoms with E-state index in [-0.39, 0.29) is 6.42 Å². The van der Waals surface area contributed by atoms with Gasteiger partial charge < -0.3 is 4.74 Å². The maximum absolute atomic E-state index is 12.2. The van der Waals surface area contributed by atoms with Crippen molar-refractivity contribution in [2.24, 2.45) is 0 Å². The number of carbonyl (C=O) groups is 2. The van der Waals surface area contributed by atoms with Gasteiger partial charge in [0, 0.05) is 7.05 Å². The number of hydrogen-bond donors (Lipinski definition) is 1. The van der Waals surface area contributed by atoms with Gasteiger partial charge in [0.25, 0.3) is 5.91 Å². The fourth-order valence-corrected chi connectivity index (χ4v) is 5.42. The summed E-state index contributed by atoms with van der Waals surface area (Å²) < 4.78 is 56.0. The van der Waals surface area contributed by atoms with Crippen molar-refractivity contribution in [3.63, 3.8) is 0 Å². The van der Waals surface area contributed by atoms with E-state index in [1.807, 2.05) is 4.72 Å². The summed E-state index contributed by atoms with van der Waals surface area (Å²) in [5.41, 5.74) is 0. The van der Waals surface area contributed by atoms with Crippen molar-refractivity contribution < 1.29 is 31.2 Å². The molecular formula is C11H21N3O7S2. The zero-order valence-corrected chi connectivity index (χ0v) is 15.0. The minimum Gasteiger partial charge on any atom is -0.468 e. The number of carbonyl (C=O) groups excluding carboxylic acids is 2. The standard InChI is InChI=1S/C11H21N3O7S2/c1-5-6-9-10(15)14(23(19,20)13(9)3)7-22(17,18)12-8(2)11(16)21-4/h8-9,12H,5-7H2,1-4H3/t8-,9?/m0/s1. The van der Waals surface area contributed by atoms with E-state index in [1.54, 1.807) is 6.92 Å². The van der Waals surface area contributed by atoms with Gasteiger partial charge >= 0.3 is 16.2 Å². The van der Waals surface area contributed by atoms with Gasteiger partial charge in [0.1, 0.15) is 12.1 Å². The molecular weight excluding hydrogens is 350 g/mol. The van der Waals surface area contributed by atoms with Crippen molar-refractivity contribution in [3.8, 4) is 0 Å². The number of methoxy groups -OCH3 is 1. The van der Waals surface area contributed by atoms with Crippen LogP contribution in [-0.2, 0) is 34.6 Å². The Balaban J connectivity index is 2.98. The smallest absolute Gasteiger partial charge is 0.323 e. The first kappa shape index (κ1) is 19.8. The van der Waals surface area contributed by atoms with Crippen LogP contribution in [0.5, 0.6) is 0 Å². The third kappa shape index (κ3) is 4.19. The Kier molecular flexibility index (Phi) is 6.12. The van der Waals surface area contributed by atoms with Gasteiger partial charge in [0.2, 0.25) is 10.0 Å². The van der Waals surface area contributed by atoms with E-state index in [4.69, 9.17) is 0 Å². The van der Waals surface area contributed by atoms with Crippen molar-refractivity contribution in [1.29, 1.82) is 0 Å². The molecule has 1 N–H and O–H groups in total. The molecule has 0 radical (unpaired) electrons. The predicted octanol–water partition coefficient (Wildman–Crippen LogP) is -1.39. The van der Waals surface area contributed by atoms with Crippen LogP contribution in [0.4, 0.5) is 0 Å².